The van der Waals surface area contributed by atoms with E-state index < -0.39 is 5.91 Å². The van der Waals surface area contributed by atoms with E-state index in [0.29, 0.717) is 0 Å². The molecule has 0 radical (unpaired) electrons. The molecule has 6 heteroatoms. The monoisotopic (exact) mass is 231 g/mol. The fourth-order valence-corrected chi connectivity index (χ4v) is 1.29. The van der Waals surface area contributed by atoms with Crippen LogP contribution in [-0.4, -0.2) is 26.1 Å². The van der Waals surface area contributed by atoms with Crippen molar-refractivity contribution in [3.63, 3.8) is 0 Å². The molecule has 2 rings (SSSR count). The van der Waals surface area contributed by atoms with Gasteiger partial charge in [0.25, 0.3) is 5.91 Å². The van der Waals surface area contributed by atoms with Gasteiger partial charge in [0.05, 0.1) is 0 Å². The van der Waals surface area contributed by atoms with Gasteiger partial charge in [0, 0.05) is 12.4 Å². The smallest absolute Gasteiger partial charge is 0.265 e. The fraction of sp³-hybridized carbons (Fsp3) is 0. The van der Waals surface area contributed by atoms with E-state index in [0.717, 1.165) is 0 Å². The van der Waals surface area contributed by atoms with Gasteiger partial charge in [-0.2, -0.15) is 0 Å². The molecule has 0 saturated carbocycles. The Balaban J connectivity index is 2.27. The maximum absolute atomic E-state index is 11.7. The summed E-state index contributed by atoms with van der Waals surface area (Å²) in [4.78, 5) is 19.3. The van der Waals surface area contributed by atoms with E-state index in [1.54, 1.807) is 6.07 Å². The zero-order chi connectivity index (χ0) is 12.3. The highest BCUT2D eigenvalue weighted by Gasteiger charge is 2.16. The van der Waals surface area contributed by atoms with Gasteiger partial charge in [-0.1, -0.05) is 6.07 Å². The van der Waals surface area contributed by atoms with Gasteiger partial charge in [0.2, 0.25) is 5.95 Å². The van der Waals surface area contributed by atoms with Crippen LogP contribution in [0.2, 0.25) is 0 Å². The predicted octanol–water partition coefficient (Wildman–Crippen LogP) is 1.14. The summed E-state index contributed by atoms with van der Waals surface area (Å²) in [5.74, 6) is -1.19. The van der Waals surface area contributed by atoms with Crippen LogP contribution in [0.5, 0.6) is 11.5 Å². The Kier molecular flexibility index (Phi) is 2.87. The van der Waals surface area contributed by atoms with Crippen molar-refractivity contribution in [2.45, 2.75) is 0 Å². The van der Waals surface area contributed by atoms with Crippen LogP contribution in [-0.2, 0) is 0 Å². The number of aromatic hydroxyl groups is 2. The maximum atomic E-state index is 11.7. The van der Waals surface area contributed by atoms with Gasteiger partial charge in [-0.15, -0.1) is 0 Å². The molecule has 0 spiro atoms. The Morgan fingerprint density at radius 1 is 1.06 bits per heavy atom. The summed E-state index contributed by atoms with van der Waals surface area (Å²) in [6, 6.07) is 5.65. The zero-order valence-corrected chi connectivity index (χ0v) is 8.66. The van der Waals surface area contributed by atoms with E-state index in [9.17, 15) is 15.0 Å². The lowest BCUT2D eigenvalue weighted by atomic mass is 10.1. The normalized spacial score (nSPS) is 9.88. The fourth-order valence-electron chi connectivity index (χ4n) is 1.29. The molecule has 0 unspecified atom stereocenters. The molecule has 0 aliphatic rings. The van der Waals surface area contributed by atoms with Crippen LogP contribution >= 0.6 is 0 Å². The molecule has 3 N–H and O–H groups in total. The summed E-state index contributed by atoms with van der Waals surface area (Å²) >= 11 is 0. The molecule has 1 aromatic carbocycles. The van der Waals surface area contributed by atoms with Gasteiger partial charge in [-0.25, -0.2) is 9.97 Å². The summed E-state index contributed by atoms with van der Waals surface area (Å²) in [7, 11) is 0. The molecule has 0 aliphatic heterocycles. The number of hydrogen-bond acceptors (Lipinski definition) is 5. The molecule has 1 amide bonds. The first kappa shape index (κ1) is 10.9. The summed E-state index contributed by atoms with van der Waals surface area (Å²) < 4.78 is 0. The largest absolute Gasteiger partial charge is 0.507 e. The van der Waals surface area contributed by atoms with E-state index in [1.165, 1.54) is 30.6 Å². The average Bonchev–Trinajstić information content (AvgIpc) is 2.30. The highest BCUT2D eigenvalue weighted by atomic mass is 16.3. The minimum Gasteiger partial charge on any atom is -0.507 e. The molecule has 0 atom stereocenters. The Hall–Kier alpha value is -2.63. The first-order valence-corrected chi connectivity index (χ1v) is 4.78. The molecule has 0 aliphatic carbocycles. The van der Waals surface area contributed by atoms with Gasteiger partial charge in [0.1, 0.15) is 17.1 Å². The summed E-state index contributed by atoms with van der Waals surface area (Å²) in [6.45, 7) is 0. The van der Waals surface area contributed by atoms with Crippen molar-refractivity contribution < 1.29 is 15.0 Å². The molecule has 0 fully saturated rings. The number of phenols is 2. The number of nitrogens with zero attached hydrogens (tertiary/aromatic N) is 2. The third-order valence-corrected chi connectivity index (χ3v) is 2.04. The van der Waals surface area contributed by atoms with Crippen LogP contribution in [0.25, 0.3) is 0 Å². The van der Waals surface area contributed by atoms with Crippen molar-refractivity contribution in [1.29, 1.82) is 0 Å². The quantitative estimate of drug-likeness (QED) is 0.720. The lowest BCUT2D eigenvalue weighted by Crippen LogP contribution is -2.14. The van der Waals surface area contributed by atoms with Gasteiger partial charge in [0.15, 0.2) is 0 Å². The summed E-state index contributed by atoms with van der Waals surface area (Å²) in [5.41, 5.74) is -0.208. The Labute approximate surface area is 96.6 Å². The molecular formula is C11H9N3O3. The zero-order valence-electron chi connectivity index (χ0n) is 8.66. The molecule has 86 valence electrons. The Bertz CT molecular complexity index is 523. The van der Waals surface area contributed by atoms with Crippen molar-refractivity contribution in [1.82, 2.24) is 9.97 Å². The van der Waals surface area contributed by atoms with Crippen LogP contribution in [0, 0.1) is 0 Å². The number of phenolic OH excluding ortho intramolecular Hbond substituents is 2. The van der Waals surface area contributed by atoms with E-state index in [-0.39, 0.29) is 23.0 Å². The second-order valence-electron chi connectivity index (χ2n) is 3.20. The van der Waals surface area contributed by atoms with Gasteiger partial charge < -0.3 is 10.2 Å². The minimum absolute atomic E-state index is 0.0974. The topological polar surface area (TPSA) is 95.3 Å². The number of rotatable bonds is 2. The number of carbonyl (C=O) groups is 1. The first-order valence-electron chi connectivity index (χ1n) is 4.78. The second-order valence-corrected chi connectivity index (χ2v) is 3.20. The van der Waals surface area contributed by atoms with Crippen LogP contribution in [0.15, 0.2) is 36.7 Å². The molecule has 1 aromatic heterocycles. The Morgan fingerprint density at radius 2 is 1.65 bits per heavy atom. The lowest BCUT2D eigenvalue weighted by molar-refractivity contribution is 0.102. The van der Waals surface area contributed by atoms with E-state index in [1.807, 2.05) is 0 Å². The molecule has 0 bridgehead atoms. The third kappa shape index (κ3) is 2.31. The van der Waals surface area contributed by atoms with E-state index in [4.69, 9.17) is 0 Å². The summed E-state index contributed by atoms with van der Waals surface area (Å²) in [5, 5.41) is 21.3. The number of hydrogen-bond donors (Lipinski definition) is 3. The van der Waals surface area contributed by atoms with Gasteiger partial charge >= 0.3 is 0 Å². The molecule has 2 aromatic rings. The SMILES string of the molecule is O=C(Nc1ncccn1)c1c(O)cccc1O. The van der Waals surface area contributed by atoms with E-state index >= 15 is 0 Å². The van der Waals surface area contributed by atoms with Crippen molar-refractivity contribution in [3.05, 3.63) is 42.2 Å². The second kappa shape index (κ2) is 4.48. The first-order chi connectivity index (χ1) is 8.18. The Morgan fingerprint density at radius 3 is 2.24 bits per heavy atom. The van der Waals surface area contributed by atoms with E-state index in [2.05, 4.69) is 15.3 Å². The number of amides is 1. The molecular weight excluding hydrogens is 222 g/mol. The van der Waals surface area contributed by atoms with Crippen LogP contribution in [0.4, 0.5) is 5.95 Å². The number of benzene rings is 1. The van der Waals surface area contributed by atoms with Gasteiger partial charge in [-0.3, -0.25) is 10.1 Å². The molecule has 1 heterocycles. The van der Waals surface area contributed by atoms with Crippen molar-refractivity contribution >= 4 is 11.9 Å². The third-order valence-electron chi connectivity index (χ3n) is 2.04. The standard InChI is InChI=1S/C11H9N3O3/c15-7-3-1-4-8(16)9(7)10(17)14-11-12-5-2-6-13-11/h1-6,15-16H,(H,12,13,14,17). The number of carbonyl (C=O) groups excluding carboxylic acids is 1. The maximum Gasteiger partial charge on any atom is 0.265 e. The van der Waals surface area contributed by atoms with Crippen molar-refractivity contribution in [2.24, 2.45) is 0 Å². The molecule has 6 nitrogen and oxygen atoms in total. The molecule has 0 saturated heterocycles. The lowest BCUT2D eigenvalue weighted by Gasteiger charge is -2.06. The van der Waals surface area contributed by atoms with Crippen LogP contribution in [0.3, 0.4) is 0 Å². The highest BCUT2D eigenvalue weighted by molar-refractivity contribution is 6.07. The minimum atomic E-state index is -0.674. The van der Waals surface area contributed by atoms with Crippen LogP contribution < -0.4 is 5.32 Å². The highest BCUT2D eigenvalue weighted by Crippen LogP contribution is 2.26. The number of nitrogens with one attached hydrogen (secondary N) is 1. The average molecular weight is 231 g/mol. The molecule has 17 heavy (non-hydrogen) atoms. The van der Waals surface area contributed by atoms with Crippen molar-refractivity contribution in [3.8, 4) is 11.5 Å². The number of aromatic nitrogens is 2. The number of anilines is 1. The summed E-state index contributed by atoms with van der Waals surface area (Å²) in [6.07, 6.45) is 2.93. The van der Waals surface area contributed by atoms with Crippen LogP contribution in [0.1, 0.15) is 10.4 Å². The van der Waals surface area contributed by atoms with Crippen molar-refractivity contribution in [2.75, 3.05) is 5.32 Å². The predicted molar refractivity (Wildman–Crippen MR) is 59.8 cm³/mol. The van der Waals surface area contributed by atoms with Gasteiger partial charge in [-0.05, 0) is 18.2 Å².